The molecule has 0 radical (unpaired) electrons. The minimum absolute atomic E-state index is 0.117. The number of hydrogen-bond donors (Lipinski definition) is 3. The first kappa shape index (κ1) is 17.4. The summed E-state index contributed by atoms with van der Waals surface area (Å²) in [6.07, 6.45) is 1.52. The summed E-state index contributed by atoms with van der Waals surface area (Å²) in [6.45, 7) is 0. The summed E-state index contributed by atoms with van der Waals surface area (Å²) in [7, 11) is 0. The van der Waals surface area contributed by atoms with E-state index >= 15 is 0 Å². The molecule has 27 heavy (non-hydrogen) atoms. The van der Waals surface area contributed by atoms with Gasteiger partial charge in [-0.2, -0.15) is 20.0 Å². The fourth-order valence-electron chi connectivity index (χ4n) is 2.51. The number of rotatable bonds is 4. The van der Waals surface area contributed by atoms with Gasteiger partial charge in [-0.15, -0.1) is 0 Å². The lowest BCUT2D eigenvalue weighted by Crippen LogP contribution is -1.95. The largest absolute Gasteiger partial charge is 0.507 e. The summed E-state index contributed by atoms with van der Waals surface area (Å²) in [4.78, 5) is 0. The number of phenolic OH excluding ortho intramolecular Hbond substituents is 1. The van der Waals surface area contributed by atoms with Crippen LogP contribution in [0, 0.1) is 4.77 Å². The Morgan fingerprint density at radius 1 is 1.07 bits per heavy atom. The lowest BCUT2D eigenvalue weighted by Gasteiger charge is -2.00. The molecule has 0 saturated heterocycles. The lowest BCUT2D eigenvalue weighted by molar-refractivity contribution is 0.474. The quantitative estimate of drug-likeness (QED) is 0.324. The van der Waals surface area contributed by atoms with Gasteiger partial charge in [0, 0.05) is 15.6 Å². The van der Waals surface area contributed by atoms with Gasteiger partial charge in [-0.1, -0.05) is 46.3 Å². The highest BCUT2D eigenvalue weighted by Gasteiger charge is 2.12. The normalized spacial score (nSPS) is 11.3. The molecule has 0 unspecified atom stereocenters. The van der Waals surface area contributed by atoms with Crippen molar-refractivity contribution in [2.75, 3.05) is 0 Å². The van der Waals surface area contributed by atoms with E-state index in [9.17, 15) is 5.11 Å². The Bertz CT molecular complexity index is 1180. The van der Waals surface area contributed by atoms with Crippen LogP contribution in [0.25, 0.3) is 22.8 Å². The summed E-state index contributed by atoms with van der Waals surface area (Å²) in [5, 5.41) is 28.6. The zero-order chi connectivity index (χ0) is 18.8. The van der Waals surface area contributed by atoms with Crippen LogP contribution in [-0.4, -0.2) is 36.4 Å². The highest BCUT2D eigenvalue weighted by Crippen LogP contribution is 2.23. The molecule has 9 heteroatoms. The molecular weight excluding hydrogens is 428 g/mol. The molecule has 0 aliphatic rings. The van der Waals surface area contributed by atoms with Gasteiger partial charge in [0.25, 0.3) is 0 Å². The number of H-pyrrole nitrogens is 2. The molecule has 0 amide bonds. The molecule has 4 aromatic rings. The highest BCUT2D eigenvalue weighted by atomic mass is 79.9. The summed E-state index contributed by atoms with van der Waals surface area (Å²) >= 11 is 8.65. The predicted octanol–water partition coefficient (Wildman–Crippen LogP) is 4.35. The number of benzene rings is 2. The monoisotopic (exact) mass is 440 g/mol. The molecule has 0 fully saturated rings. The second kappa shape index (κ2) is 7.29. The second-order valence-corrected chi connectivity index (χ2v) is 6.95. The van der Waals surface area contributed by atoms with Crippen LogP contribution in [0.3, 0.4) is 0 Å². The molecular formula is C18H13BrN6OS. The van der Waals surface area contributed by atoms with Gasteiger partial charge in [0.05, 0.1) is 11.9 Å². The minimum Gasteiger partial charge on any atom is -0.507 e. The first-order valence-corrected chi connectivity index (χ1v) is 9.13. The topological polar surface area (TPSA) is 94.9 Å². The van der Waals surface area contributed by atoms with E-state index in [1.54, 1.807) is 18.2 Å². The van der Waals surface area contributed by atoms with Gasteiger partial charge in [0.2, 0.25) is 10.6 Å². The van der Waals surface area contributed by atoms with Crippen molar-refractivity contribution in [1.29, 1.82) is 0 Å². The average Bonchev–Trinajstić information content (AvgIpc) is 3.30. The van der Waals surface area contributed by atoms with Crippen LogP contribution >= 0.6 is 28.1 Å². The summed E-state index contributed by atoms with van der Waals surface area (Å²) in [6, 6.07) is 16.8. The standard InChI is InChI=1S/C18H13BrN6OS/c19-13-6-7-16(26)12(8-13)10-20-25-17(23-24-18(25)27)15-9-14(21-22-15)11-4-2-1-3-5-11/h1-10,26H,(H,21,22)(H,24,27)/b20-10+. The molecule has 4 rings (SSSR count). The van der Waals surface area contributed by atoms with E-state index in [0.717, 1.165) is 15.7 Å². The average molecular weight is 441 g/mol. The van der Waals surface area contributed by atoms with Crippen LogP contribution in [0.1, 0.15) is 5.56 Å². The van der Waals surface area contributed by atoms with Crippen molar-refractivity contribution in [3.63, 3.8) is 0 Å². The minimum atomic E-state index is 0.117. The van der Waals surface area contributed by atoms with E-state index in [1.165, 1.54) is 10.9 Å². The molecule has 0 bridgehead atoms. The Kier molecular flexibility index (Phi) is 4.69. The van der Waals surface area contributed by atoms with Crippen molar-refractivity contribution in [3.8, 4) is 28.5 Å². The molecule has 2 heterocycles. The molecule has 0 aliphatic heterocycles. The molecule has 2 aromatic heterocycles. The van der Waals surface area contributed by atoms with E-state index in [4.69, 9.17) is 12.2 Å². The van der Waals surface area contributed by atoms with Crippen molar-refractivity contribution < 1.29 is 5.11 Å². The van der Waals surface area contributed by atoms with Crippen LogP contribution in [-0.2, 0) is 0 Å². The first-order valence-electron chi connectivity index (χ1n) is 7.93. The van der Waals surface area contributed by atoms with Crippen molar-refractivity contribution >= 4 is 34.4 Å². The highest BCUT2D eigenvalue weighted by molar-refractivity contribution is 9.10. The van der Waals surface area contributed by atoms with Crippen molar-refractivity contribution in [1.82, 2.24) is 25.1 Å². The predicted molar refractivity (Wildman–Crippen MR) is 109 cm³/mol. The maximum absolute atomic E-state index is 9.96. The number of halogens is 1. The van der Waals surface area contributed by atoms with E-state index in [1.807, 2.05) is 36.4 Å². The maximum Gasteiger partial charge on any atom is 0.216 e. The molecule has 134 valence electrons. The van der Waals surface area contributed by atoms with Gasteiger partial charge < -0.3 is 5.11 Å². The number of nitrogens with one attached hydrogen (secondary N) is 2. The van der Waals surface area contributed by atoms with Crippen LogP contribution < -0.4 is 0 Å². The van der Waals surface area contributed by atoms with E-state index in [-0.39, 0.29) is 5.75 Å². The van der Waals surface area contributed by atoms with Gasteiger partial charge in [0.15, 0.2) is 0 Å². The third kappa shape index (κ3) is 3.60. The van der Waals surface area contributed by atoms with Crippen LogP contribution in [0.5, 0.6) is 5.75 Å². The fraction of sp³-hybridized carbons (Fsp3) is 0. The van der Waals surface area contributed by atoms with Gasteiger partial charge in [-0.3, -0.25) is 5.10 Å². The fourth-order valence-corrected chi connectivity index (χ4v) is 3.07. The maximum atomic E-state index is 9.96. The number of aromatic amines is 2. The number of hydrogen-bond acceptors (Lipinski definition) is 5. The Labute approximate surface area is 167 Å². The Balaban J connectivity index is 1.71. The number of aromatic hydroxyl groups is 1. The zero-order valence-electron chi connectivity index (χ0n) is 13.8. The van der Waals surface area contributed by atoms with Crippen LogP contribution in [0.15, 0.2) is 64.2 Å². The summed E-state index contributed by atoms with van der Waals surface area (Å²) in [5.41, 5.74) is 2.99. The second-order valence-electron chi connectivity index (χ2n) is 5.64. The van der Waals surface area contributed by atoms with Gasteiger partial charge >= 0.3 is 0 Å². The molecule has 0 spiro atoms. The lowest BCUT2D eigenvalue weighted by atomic mass is 10.1. The van der Waals surface area contributed by atoms with Crippen LogP contribution in [0.2, 0.25) is 0 Å². The van der Waals surface area contributed by atoms with E-state index < -0.39 is 0 Å². The molecule has 2 aromatic carbocycles. The van der Waals surface area contributed by atoms with Crippen molar-refractivity contribution in [2.45, 2.75) is 0 Å². The smallest absolute Gasteiger partial charge is 0.216 e. The summed E-state index contributed by atoms with van der Waals surface area (Å²) < 4.78 is 2.63. The Morgan fingerprint density at radius 3 is 2.70 bits per heavy atom. The molecule has 7 nitrogen and oxygen atoms in total. The Morgan fingerprint density at radius 2 is 1.89 bits per heavy atom. The van der Waals surface area contributed by atoms with Gasteiger partial charge in [-0.05, 0) is 36.5 Å². The van der Waals surface area contributed by atoms with Crippen LogP contribution in [0.4, 0.5) is 0 Å². The first-order chi connectivity index (χ1) is 13.1. The van der Waals surface area contributed by atoms with Gasteiger partial charge in [0.1, 0.15) is 11.4 Å². The number of nitrogens with zero attached hydrogens (tertiary/aromatic N) is 4. The van der Waals surface area contributed by atoms with Crippen molar-refractivity contribution in [3.05, 3.63) is 69.4 Å². The van der Waals surface area contributed by atoms with Gasteiger partial charge in [-0.25, -0.2) is 5.10 Å². The van der Waals surface area contributed by atoms with E-state index in [2.05, 4.69) is 41.4 Å². The molecule has 0 saturated carbocycles. The van der Waals surface area contributed by atoms with E-state index in [0.29, 0.717) is 21.9 Å². The SMILES string of the molecule is Oc1ccc(Br)cc1/C=N/n1c(-c2cc(-c3ccccc3)n[nH]2)n[nH]c1=S. The molecule has 0 aliphatic carbocycles. The molecule has 3 N–H and O–H groups in total. The zero-order valence-corrected chi connectivity index (χ0v) is 16.2. The third-order valence-electron chi connectivity index (χ3n) is 3.84. The number of aromatic nitrogens is 5. The number of phenols is 1. The molecule has 0 atom stereocenters. The van der Waals surface area contributed by atoms with Crippen molar-refractivity contribution in [2.24, 2.45) is 5.10 Å². The Hall–Kier alpha value is -3.04. The summed E-state index contributed by atoms with van der Waals surface area (Å²) in [5.74, 6) is 0.604. The third-order valence-corrected chi connectivity index (χ3v) is 4.60.